The number of alkyl halides is 3. The molecule has 1 N–H and O–H groups in total. The highest BCUT2D eigenvalue weighted by atomic mass is 19.4. The van der Waals surface area contributed by atoms with Gasteiger partial charge in [-0.1, -0.05) is 58.0 Å². The molecule has 5 aromatic rings. The molecule has 0 spiro atoms. The van der Waals surface area contributed by atoms with E-state index in [0.717, 1.165) is 22.5 Å². The van der Waals surface area contributed by atoms with Gasteiger partial charge in [-0.05, 0) is 42.8 Å². The number of nitrogens with zero attached hydrogens (tertiary/aromatic N) is 4. The first-order valence-corrected chi connectivity index (χ1v) is 12.8. The first-order chi connectivity index (χ1) is 18.7. The predicted molar refractivity (Wildman–Crippen MR) is 148 cm³/mol. The Balaban J connectivity index is 0.00000100. The number of halogens is 3. The van der Waals surface area contributed by atoms with Crippen LogP contribution in [-0.4, -0.2) is 37.1 Å². The Morgan fingerprint density at radius 2 is 1.54 bits per heavy atom. The van der Waals surface area contributed by atoms with Gasteiger partial charge in [-0.3, -0.25) is 13.9 Å². The summed E-state index contributed by atoms with van der Waals surface area (Å²) in [7, 11) is 0. The van der Waals surface area contributed by atoms with Crippen LogP contribution in [0.15, 0.2) is 77.9 Å². The second-order valence-electron chi connectivity index (χ2n) is 8.11. The highest BCUT2D eigenvalue weighted by molar-refractivity contribution is 5.83. The standard InChI is InChI=1S/C25H20F3N5O2.2C2H6/c1-16-29-13-22-19(5-4-12-31(16)22)17-8-10-18(11-9-17)33-21-7-3-2-6-20(21)32(24(33)35)14-23(34)30-15-25(26,27)28;2*1-2/h2-13H,14-15H2,1H3,(H,30,34);2*1-2H3. The predicted octanol–water partition coefficient (Wildman–Crippen LogP) is 6.15. The molecule has 0 atom stereocenters. The molecule has 10 heteroatoms. The molecule has 0 fully saturated rings. The number of aryl methyl sites for hydroxylation is 1. The number of rotatable bonds is 5. The molecule has 0 saturated carbocycles. The molecule has 1 amide bonds. The normalized spacial score (nSPS) is 11.0. The average Bonchev–Trinajstić information content (AvgIpc) is 3.46. The minimum atomic E-state index is -4.53. The van der Waals surface area contributed by atoms with Gasteiger partial charge in [-0.25, -0.2) is 9.78 Å². The van der Waals surface area contributed by atoms with E-state index in [1.165, 1.54) is 9.13 Å². The Hall–Kier alpha value is -4.34. The monoisotopic (exact) mass is 539 g/mol. The van der Waals surface area contributed by atoms with Crippen molar-refractivity contribution >= 4 is 22.5 Å². The lowest BCUT2D eigenvalue weighted by Crippen LogP contribution is -2.37. The number of imidazole rings is 2. The molecular formula is C29H32F3N5O2. The fourth-order valence-electron chi connectivity index (χ4n) is 4.19. The second kappa shape index (κ2) is 12.5. The third-order valence-electron chi connectivity index (χ3n) is 5.82. The van der Waals surface area contributed by atoms with Gasteiger partial charge >= 0.3 is 11.9 Å². The molecular weight excluding hydrogens is 507 g/mol. The summed E-state index contributed by atoms with van der Waals surface area (Å²) >= 11 is 0. The maximum Gasteiger partial charge on any atom is 0.405 e. The van der Waals surface area contributed by atoms with Crippen LogP contribution < -0.4 is 11.0 Å². The Labute approximate surface area is 224 Å². The van der Waals surface area contributed by atoms with E-state index in [1.54, 1.807) is 42.6 Å². The number of hydrogen-bond donors (Lipinski definition) is 1. The Bertz CT molecular complexity index is 1610. The summed E-state index contributed by atoms with van der Waals surface area (Å²) in [6.07, 6.45) is -0.786. The number of fused-ring (bicyclic) bond motifs is 2. The fourth-order valence-corrected chi connectivity index (χ4v) is 4.19. The topological polar surface area (TPSA) is 73.3 Å². The Morgan fingerprint density at radius 1 is 0.897 bits per heavy atom. The number of carbonyl (C=O) groups is 1. The van der Waals surface area contributed by atoms with Crippen molar-refractivity contribution in [3.8, 4) is 16.8 Å². The van der Waals surface area contributed by atoms with Crippen molar-refractivity contribution in [2.75, 3.05) is 6.54 Å². The molecule has 0 unspecified atom stereocenters. The first-order valence-electron chi connectivity index (χ1n) is 12.8. The van der Waals surface area contributed by atoms with Crippen LogP contribution >= 0.6 is 0 Å². The van der Waals surface area contributed by atoms with Crippen molar-refractivity contribution < 1.29 is 18.0 Å². The van der Waals surface area contributed by atoms with Crippen molar-refractivity contribution in [3.05, 3.63) is 89.4 Å². The maximum atomic E-state index is 13.3. The van der Waals surface area contributed by atoms with Crippen LogP contribution in [0.1, 0.15) is 33.5 Å². The average molecular weight is 540 g/mol. The molecule has 2 aromatic carbocycles. The van der Waals surface area contributed by atoms with Gasteiger partial charge < -0.3 is 9.72 Å². The number of benzene rings is 2. The number of pyridine rings is 1. The van der Waals surface area contributed by atoms with Gasteiger partial charge in [0.1, 0.15) is 18.9 Å². The summed E-state index contributed by atoms with van der Waals surface area (Å²) in [6.45, 7) is 7.94. The van der Waals surface area contributed by atoms with Crippen molar-refractivity contribution in [3.63, 3.8) is 0 Å². The lowest BCUT2D eigenvalue weighted by atomic mass is 10.1. The lowest BCUT2D eigenvalue weighted by Gasteiger charge is -2.09. The Morgan fingerprint density at radius 3 is 2.18 bits per heavy atom. The minimum Gasteiger partial charge on any atom is -0.345 e. The summed E-state index contributed by atoms with van der Waals surface area (Å²) in [4.78, 5) is 29.8. The van der Waals surface area contributed by atoms with E-state index in [9.17, 15) is 22.8 Å². The van der Waals surface area contributed by atoms with E-state index in [4.69, 9.17) is 0 Å². The molecule has 39 heavy (non-hydrogen) atoms. The third kappa shape index (κ3) is 6.22. The van der Waals surface area contributed by atoms with E-state index in [-0.39, 0.29) is 0 Å². The number of hydrogen-bond acceptors (Lipinski definition) is 3. The van der Waals surface area contributed by atoms with Crippen LogP contribution in [0, 0.1) is 6.92 Å². The fraction of sp³-hybridized carbons (Fsp3) is 0.276. The van der Waals surface area contributed by atoms with Crippen molar-refractivity contribution in [1.29, 1.82) is 0 Å². The number of amides is 1. The van der Waals surface area contributed by atoms with Crippen LogP contribution in [0.2, 0.25) is 0 Å². The van der Waals surface area contributed by atoms with Crippen molar-refractivity contribution in [2.24, 2.45) is 0 Å². The highest BCUT2D eigenvalue weighted by Crippen LogP contribution is 2.27. The zero-order chi connectivity index (χ0) is 28.7. The summed E-state index contributed by atoms with van der Waals surface area (Å²) in [5.41, 5.74) is 3.91. The minimum absolute atomic E-state index is 0.447. The maximum absolute atomic E-state index is 13.3. The third-order valence-corrected chi connectivity index (χ3v) is 5.82. The summed E-state index contributed by atoms with van der Waals surface area (Å²) in [5.74, 6) is -0.0241. The molecule has 7 nitrogen and oxygen atoms in total. The molecule has 0 radical (unpaired) electrons. The van der Waals surface area contributed by atoms with Gasteiger partial charge in [0.05, 0.1) is 28.4 Å². The number of para-hydroxylation sites is 2. The SMILES string of the molecule is CC.CC.Cc1ncc2c(-c3ccc(-n4c(=O)n(CC(=O)NCC(F)(F)F)c5ccccc54)cc3)cccn12. The van der Waals surface area contributed by atoms with Gasteiger partial charge in [0.15, 0.2) is 0 Å². The van der Waals surface area contributed by atoms with Gasteiger partial charge in [0, 0.05) is 11.8 Å². The molecule has 3 aromatic heterocycles. The molecule has 3 heterocycles. The zero-order valence-electron chi connectivity index (χ0n) is 22.6. The summed E-state index contributed by atoms with van der Waals surface area (Å²) < 4.78 is 42.0. The molecule has 0 bridgehead atoms. The van der Waals surface area contributed by atoms with Gasteiger partial charge in [-0.15, -0.1) is 0 Å². The van der Waals surface area contributed by atoms with E-state index in [0.29, 0.717) is 16.7 Å². The molecule has 0 aliphatic heterocycles. The lowest BCUT2D eigenvalue weighted by molar-refractivity contribution is -0.138. The number of carbonyl (C=O) groups excluding carboxylic acids is 1. The van der Waals surface area contributed by atoms with Crippen molar-refractivity contribution in [1.82, 2.24) is 23.8 Å². The van der Waals surface area contributed by atoms with E-state index < -0.39 is 30.9 Å². The largest absolute Gasteiger partial charge is 0.405 e. The molecule has 0 aliphatic carbocycles. The van der Waals surface area contributed by atoms with Crippen LogP contribution in [-0.2, 0) is 11.3 Å². The van der Waals surface area contributed by atoms with Crippen LogP contribution in [0.25, 0.3) is 33.4 Å². The molecule has 0 saturated heterocycles. The van der Waals surface area contributed by atoms with E-state index in [1.807, 2.05) is 74.8 Å². The smallest absolute Gasteiger partial charge is 0.345 e. The van der Waals surface area contributed by atoms with Gasteiger partial charge in [0.2, 0.25) is 5.91 Å². The zero-order valence-corrected chi connectivity index (χ0v) is 22.6. The number of aromatic nitrogens is 4. The van der Waals surface area contributed by atoms with Crippen molar-refractivity contribution in [2.45, 2.75) is 47.3 Å². The summed E-state index contributed by atoms with van der Waals surface area (Å²) in [6, 6.07) is 18.1. The molecule has 5 rings (SSSR count). The van der Waals surface area contributed by atoms with Crippen LogP contribution in [0.3, 0.4) is 0 Å². The highest BCUT2D eigenvalue weighted by Gasteiger charge is 2.28. The van der Waals surface area contributed by atoms with Crippen LogP contribution in [0.5, 0.6) is 0 Å². The first kappa shape index (κ1) is 29.2. The summed E-state index contributed by atoms with van der Waals surface area (Å²) in [5, 5.41) is 1.81. The van der Waals surface area contributed by atoms with Crippen LogP contribution in [0.4, 0.5) is 13.2 Å². The quantitative estimate of drug-likeness (QED) is 0.291. The Kier molecular flexibility index (Phi) is 9.34. The van der Waals surface area contributed by atoms with E-state index >= 15 is 0 Å². The van der Waals surface area contributed by atoms with E-state index in [2.05, 4.69) is 4.98 Å². The van der Waals surface area contributed by atoms with Gasteiger partial charge in [-0.2, -0.15) is 13.2 Å². The molecule has 0 aliphatic rings. The number of nitrogens with one attached hydrogen (secondary N) is 1. The van der Waals surface area contributed by atoms with Gasteiger partial charge in [0.25, 0.3) is 0 Å². The molecule has 206 valence electrons. The second-order valence-corrected chi connectivity index (χ2v) is 8.11.